The van der Waals surface area contributed by atoms with E-state index in [1.54, 1.807) is 50.5 Å². The molecule has 3 aliphatic rings. The maximum Gasteiger partial charge on any atom is -0.162 e. The van der Waals surface area contributed by atoms with Gasteiger partial charge in [0.1, 0.15) is 0 Å². The van der Waals surface area contributed by atoms with Crippen LogP contribution in [0, 0.1) is 0 Å². The van der Waals surface area contributed by atoms with E-state index in [1.807, 2.05) is 0 Å². The summed E-state index contributed by atoms with van der Waals surface area (Å²) in [7, 11) is 7.00. The molecule has 5 rings (SSSR count). The smallest absolute Gasteiger partial charge is 0.162 e. The van der Waals surface area contributed by atoms with Gasteiger partial charge in [0.15, 0.2) is 0 Å². The Morgan fingerprint density at radius 1 is 0.667 bits per heavy atom. The van der Waals surface area contributed by atoms with Crippen molar-refractivity contribution in [1.29, 1.82) is 0 Å². The van der Waals surface area contributed by atoms with Gasteiger partial charge in [0.2, 0.25) is 0 Å². The van der Waals surface area contributed by atoms with Crippen molar-refractivity contribution in [3.8, 4) is 0 Å². The first-order valence-corrected chi connectivity index (χ1v) is 12.4. The number of allylic oxidation sites excluding steroid dienone is 2. The summed E-state index contributed by atoms with van der Waals surface area (Å²) < 4.78 is 1.62. The molecule has 2 aromatic rings. The number of nitrogens with zero attached hydrogens (tertiary/aromatic N) is 2. The van der Waals surface area contributed by atoms with Gasteiger partial charge in [-0.3, -0.25) is 0 Å². The number of rotatable bonds is 0. The Labute approximate surface area is 175 Å². The van der Waals surface area contributed by atoms with Crippen LogP contribution in [0.4, 0.5) is 0 Å². The summed E-state index contributed by atoms with van der Waals surface area (Å²) >= 11 is -0.553. The molecule has 0 N–H and O–H groups in total. The van der Waals surface area contributed by atoms with E-state index in [0.717, 1.165) is 7.25 Å². The van der Waals surface area contributed by atoms with Gasteiger partial charge in [0, 0.05) is 0 Å². The maximum atomic E-state index is 3.50. The molecule has 1 fully saturated rings. The molecule has 0 radical (unpaired) electrons. The first-order valence-electron chi connectivity index (χ1n) is 9.54. The van der Waals surface area contributed by atoms with Gasteiger partial charge in [0.25, 0.3) is 0 Å². The minimum Gasteiger partial charge on any atom is -0.668 e. The molecule has 0 aromatic heterocycles. The Kier molecular flexibility index (Phi) is 7.41. The molecule has 0 spiro atoms. The second-order valence-corrected chi connectivity index (χ2v) is 10.8. The van der Waals surface area contributed by atoms with Crippen LogP contribution in [0.3, 0.4) is 0 Å². The number of hydrogen-bond donors (Lipinski definition) is 0. The van der Waals surface area contributed by atoms with Crippen LogP contribution in [0.15, 0.2) is 59.7 Å². The molecule has 0 saturated carbocycles. The molecular formula is C24H28N2Zr. The number of hydrogen-bond acceptors (Lipinski definition) is 0. The molecule has 2 aliphatic carbocycles. The average molecular weight is 436 g/mol. The quantitative estimate of drug-likeness (QED) is 0.459. The molecule has 138 valence electrons. The molecule has 2 nitrogen and oxygen atoms in total. The van der Waals surface area contributed by atoms with Gasteiger partial charge in [0.05, 0.1) is 0 Å². The van der Waals surface area contributed by atoms with Crippen LogP contribution in [-0.2, 0) is 23.2 Å². The zero-order valence-electron chi connectivity index (χ0n) is 16.7. The molecule has 2 atom stereocenters. The Bertz CT molecular complexity index is 768. The van der Waals surface area contributed by atoms with Crippen LogP contribution in [0.1, 0.15) is 42.3 Å². The third-order valence-corrected chi connectivity index (χ3v) is 10.1. The number of fused-ring (bicyclic) bond motifs is 6. The van der Waals surface area contributed by atoms with Crippen LogP contribution in [-0.4, -0.2) is 28.2 Å². The second kappa shape index (κ2) is 9.78. The minimum atomic E-state index is -0.553. The fourth-order valence-electron chi connectivity index (χ4n) is 4.06. The summed E-state index contributed by atoms with van der Waals surface area (Å²) in [4.78, 5) is 0. The van der Waals surface area contributed by atoms with E-state index in [9.17, 15) is 0 Å². The zero-order chi connectivity index (χ0) is 19.2. The molecule has 1 aliphatic heterocycles. The fourth-order valence-corrected chi connectivity index (χ4v) is 9.22. The summed E-state index contributed by atoms with van der Waals surface area (Å²) in [5.74, 6) is 0. The Hall–Kier alpha value is -1.28. The normalized spacial score (nSPS) is 20.3. The SMILES string of the molecule is C1=C2CCC3=Cc4ccccc4[CH]3[Zr+2][CH]2c2ccccc21.C[N-]C.C[N-]C. The molecule has 0 bridgehead atoms. The summed E-state index contributed by atoms with van der Waals surface area (Å²) in [6, 6.07) is 18.2. The largest absolute Gasteiger partial charge is 0.668 e. The molecule has 1 heterocycles. The van der Waals surface area contributed by atoms with Gasteiger partial charge in [-0.05, 0) is 0 Å². The standard InChI is InChI=1S/C20H16.2C2H6N.Zr/c1-2-6-18-12-15(11-17(18)5-1)9-10-16-13-19-7-3-4-8-20(19)14-16;2*1-3-2;/h1-8,11-14H,9-10H2;2*1-2H3;/q;2*-1;+2. The van der Waals surface area contributed by atoms with E-state index in [1.165, 1.54) is 24.0 Å². The van der Waals surface area contributed by atoms with E-state index in [4.69, 9.17) is 0 Å². The van der Waals surface area contributed by atoms with Crippen molar-refractivity contribution >= 4 is 12.2 Å². The summed E-state index contributed by atoms with van der Waals surface area (Å²) in [5.41, 5.74) is 9.72. The predicted octanol–water partition coefficient (Wildman–Crippen LogP) is 6.38. The van der Waals surface area contributed by atoms with Crippen molar-refractivity contribution in [2.75, 3.05) is 28.2 Å². The third kappa shape index (κ3) is 4.42. The van der Waals surface area contributed by atoms with Crippen LogP contribution in [0.25, 0.3) is 22.8 Å². The van der Waals surface area contributed by atoms with Crippen LogP contribution < -0.4 is 0 Å². The van der Waals surface area contributed by atoms with Crippen molar-refractivity contribution in [3.05, 3.63) is 92.6 Å². The Balaban J connectivity index is 0.000000314. The van der Waals surface area contributed by atoms with Crippen molar-refractivity contribution in [3.63, 3.8) is 0 Å². The maximum absolute atomic E-state index is 3.50. The number of benzene rings is 2. The Morgan fingerprint density at radius 2 is 1.04 bits per heavy atom. The van der Waals surface area contributed by atoms with Gasteiger partial charge in [-0.2, -0.15) is 28.2 Å². The molecule has 2 unspecified atom stereocenters. The third-order valence-electron chi connectivity index (χ3n) is 5.07. The van der Waals surface area contributed by atoms with Crippen molar-refractivity contribution < 1.29 is 23.2 Å². The van der Waals surface area contributed by atoms with Gasteiger partial charge in [-0.15, -0.1) is 0 Å². The van der Waals surface area contributed by atoms with Crippen LogP contribution >= 0.6 is 0 Å². The monoisotopic (exact) mass is 434 g/mol. The first-order chi connectivity index (χ1) is 13.2. The van der Waals surface area contributed by atoms with Crippen molar-refractivity contribution in [1.82, 2.24) is 0 Å². The second-order valence-electron chi connectivity index (χ2n) is 7.12. The van der Waals surface area contributed by atoms with E-state index in [2.05, 4.69) is 71.3 Å². The molecule has 0 amide bonds. The molecule has 2 aromatic carbocycles. The van der Waals surface area contributed by atoms with Gasteiger partial charge in [-0.25, -0.2) is 0 Å². The molecular weight excluding hydrogens is 408 g/mol. The fraction of sp³-hybridized carbons (Fsp3) is 0.333. The first kappa shape index (κ1) is 20.5. The Morgan fingerprint density at radius 3 is 1.44 bits per heavy atom. The van der Waals surface area contributed by atoms with E-state index in [-0.39, 0.29) is 0 Å². The molecule has 3 heteroatoms. The van der Waals surface area contributed by atoms with Gasteiger partial charge >= 0.3 is 137 Å². The van der Waals surface area contributed by atoms with Crippen molar-refractivity contribution in [2.45, 2.75) is 20.1 Å². The van der Waals surface area contributed by atoms with Crippen molar-refractivity contribution in [2.24, 2.45) is 0 Å². The molecule has 1 saturated heterocycles. The van der Waals surface area contributed by atoms with E-state index < -0.39 is 23.2 Å². The molecule has 27 heavy (non-hydrogen) atoms. The predicted molar refractivity (Wildman–Crippen MR) is 114 cm³/mol. The van der Waals surface area contributed by atoms with Crippen LogP contribution in [0.2, 0.25) is 0 Å². The zero-order valence-corrected chi connectivity index (χ0v) is 19.2. The van der Waals surface area contributed by atoms with Gasteiger partial charge < -0.3 is 10.6 Å². The topological polar surface area (TPSA) is 28.2 Å². The van der Waals surface area contributed by atoms with E-state index in [0.29, 0.717) is 0 Å². The van der Waals surface area contributed by atoms with Gasteiger partial charge in [-0.1, -0.05) is 0 Å². The minimum absolute atomic E-state index is 0.553. The summed E-state index contributed by atoms with van der Waals surface area (Å²) in [5, 5.41) is 7.00. The summed E-state index contributed by atoms with van der Waals surface area (Å²) in [6.45, 7) is 0. The average Bonchev–Trinajstić information content (AvgIpc) is 3.15. The van der Waals surface area contributed by atoms with E-state index >= 15 is 0 Å². The van der Waals surface area contributed by atoms with Crippen LogP contribution in [0.5, 0.6) is 0 Å². The summed E-state index contributed by atoms with van der Waals surface area (Å²) in [6.07, 6.45) is 7.54.